The van der Waals surface area contributed by atoms with Crippen LogP contribution in [0.1, 0.15) is 30.4 Å². The lowest BCUT2D eigenvalue weighted by Gasteiger charge is -2.12. The van der Waals surface area contributed by atoms with Crippen LogP contribution in [0.5, 0.6) is 5.75 Å². The average Bonchev–Trinajstić information content (AvgIpc) is 2.57. The summed E-state index contributed by atoms with van der Waals surface area (Å²) in [7, 11) is 1.19. The van der Waals surface area contributed by atoms with Crippen LogP contribution in [0.25, 0.3) is 0 Å². The summed E-state index contributed by atoms with van der Waals surface area (Å²) in [5.41, 5.74) is -0.565. The zero-order valence-electron chi connectivity index (χ0n) is 9.00. The molecule has 0 saturated carbocycles. The summed E-state index contributed by atoms with van der Waals surface area (Å²) in [6, 6.07) is -0.356. The molecule has 1 aromatic heterocycles. The Hall–Kier alpha value is -1.53. The summed E-state index contributed by atoms with van der Waals surface area (Å²) in [4.78, 5) is 11.2. The summed E-state index contributed by atoms with van der Waals surface area (Å²) >= 11 is 0. The first-order valence-electron chi connectivity index (χ1n) is 4.52. The maximum absolute atomic E-state index is 12.3. The van der Waals surface area contributed by atoms with E-state index in [2.05, 4.69) is 9.84 Å². The van der Waals surface area contributed by atoms with Gasteiger partial charge in [-0.1, -0.05) is 0 Å². The fourth-order valence-electron chi connectivity index (χ4n) is 1.24. The normalized spacial score (nSPS) is 11.9. The van der Waals surface area contributed by atoms with E-state index in [0.29, 0.717) is 0 Å². The summed E-state index contributed by atoms with van der Waals surface area (Å²) in [6.07, 6.45) is -3.83. The molecule has 0 spiro atoms. The van der Waals surface area contributed by atoms with Crippen LogP contribution in [0, 0.1) is 0 Å². The molecule has 0 saturated heterocycles. The maximum Gasteiger partial charge on any atom is 0.456 e. The van der Waals surface area contributed by atoms with E-state index in [0.717, 1.165) is 10.9 Å². The molecule has 4 nitrogen and oxygen atoms in total. The van der Waals surface area contributed by atoms with Gasteiger partial charge in [0.2, 0.25) is 0 Å². The number of nitrogens with zero attached hydrogens (tertiary/aromatic N) is 2. The lowest BCUT2D eigenvalue weighted by molar-refractivity contribution is -0.0893. The van der Waals surface area contributed by atoms with Crippen molar-refractivity contribution in [3.05, 3.63) is 11.9 Å². The van der Waals surface area contributed by atoms with Crippen molar-refractivity contribution in [1.82, 2.24) is 9.78 Å². The van der Waals surface area contributed by atoms with Crippen molar-refractivity contribution in [1.29, 1.82) is 0 Å². The van der Waals surface area contributed by atoms with Crippen LogP contribution in [-0.2, 0) is 0 Å². The van der Waals surface area contributed by atoms with Gasteiger partial charge in [-0.3, -0.25) is 9.48 Å². The Morgan fingerprint density at radius 2 is 2.06 bits per heavy atom. The van der Waals surface area contributed by atoms with Crippen LogP contribution in [0.3, 0.4) is 0 Å². The fraction of sp³-hybridized carbons (Fsp3) is 0.556. The number of methoxy groups -OCH3 is 1. The Morgan fingerprint density at radius 3 is 2.44 bits per heavy atom. The lowest BCUT2D eigenvalue weighted by atomic mass is 10.2. The Labute approximate surface area is 90.0 Å². The summed E-state index contributed by atoms with van der Waals surface area (Å²) in [5, 5.41) is 3.69. The number of halogens is 3. The van der Waals surface area contributed by atoms with Crippen molar-refractivity contribution >= 4 is 5.78 Å². The molecule has 16 heavy (non-hydrogen) atoms. The van der Waals surface area contributed by atoms with Gasteiger partial charge in [0.15, 0.2) is 11.4 Å². The molecular formula is C9H11F3N2O2. The molecule has 0 aliphatic rings. The molecule has 0 atom stereocenters. The van der Waals surface area contributed by atoms with E-state index >= 15 is 0 Å². The second kappa shape index (κ2) is 4.15. The standard InChI is InChI=1S/C9H11F3N2O2/c1-5(2)14-7(6(16-3)4-13-14)8(15)9(10,11)12/h4-5H,1-3H3. The van der Waals surface area contributed by atoms with E-state index in [1.54, 1.807) is 13.8 Å². The van der Waals surface area contributed by atoms with Crippen molar-refractivity contribution in [2.24, 2.45) is 0 Å². The van der Waals surface area contributed by atoms with Gasteiger partial charge in [0.25, 0.3) is 5.78 Å². The van der Waals surface area contributed by atoms with Crippen molar-refractivity contribution in [3.63, 3.8) is 0 Å². The Kier molecular flexibility index (Phi) is 3.25. The van der Waals surface area contributed by atoms with Crippen LogP contribution < -0.4 is 4.74 Å². The minimum absolute atomic E-state index is 0.170. The number of ether oxygens (including phenoxy) is 1. The van der Waals surface area contributed by atoms with Gasteiger partial charge in [-0.05, 0) is 13.8 Å². The predicted octanol–water partition coefficient (Wildman–Crippen LogP) is 2.22. The van der Waals surface area contributed by atoms with Crippen molar-refractivity contribution in [2.45, 2.75) is 26.1 Å². The molecule has 0 N–H and O–H groups in total. The number of carbonyl (C=O) groups is 1. The first kappa shape index (κ1) is 12.5. The molecule has 0 radical (unpaired) electrons. The highest BCUT2D eigenvalue weighted by Crippen LogP contribution is 2.28. The number of hydrogen-bond donors (Lipinski definition) is 0. The zero-order chi connectivity index (χ0) is 12.5. The van der Waals surface area contributed by atoms with E-state index in [1.165, 1.54) is 7.11 Å². The molecule has 90 valence electrons. The Bertz CT molecular complexity index is 396. The summed E-state index contributed by atoms with van der Waals surface area (Å²) in [6.45, 7) is 3.25. The molecule has 1 aromatic rings. The first-order valence-corrected chi connectivity index (χ1v) is 4.52. The molecule has 1 heterocycles. The zero-order valence-corrected chi connectivity index (χ0v) is 9.00. The van der Waals surface area contributed by atoms with Gasteiger partial charge in [-0.25, -0.2) is 0 Å². The molecule has 7 heteroatoms. The summed E-state index contributed by atoms with van der Waals surface area (Å²) in [5.74, 6) is -2.12. The second-order valence-electron chi connectivity index (χ2n) is 3.43. The monoisotopic (exact) mass is 236 g/mol. The third-order valence-electron chi connectivity index (χ3n) is 1.94. The number of hydrogen-bond acceptors (Lipinski definition) is 3. The average molecular weight is 236 g/mol. The molecule has 0 bridgehead atoms. The molecule has 0 unspecified atom stereocenters. The van der Waals surface area contributed by atoms with Gasteiger partial charge < -0.3 is 4.74 Å². The highest BCUT2D eigenvalue weighted by atomic mass is 19.4. The molecule has 1 rings (SSSR count). The van der Waals surface area contributed by atoms with Crippen LogP contribution in [0.15, 0.2) is 6.20 Å². The van der Waals surface area contributed by atoms with Gasteiger partial charge in [-0.15, -0.1) is 0 Å². The van der Waals surface area contributed by atoms with E-state index in [1.807, 2.05) is 0 Å². The van der Waals surface area contributed by atoms with Crippen LogP contribution in [-0.4, -0.2) is 28.8 Å². The van der Waals surface area contributed by atoms with E-state index in [9.17, 15) is 18.0 Å². The SMILES string of the molecule is COc1cnn(C(C)C)c1C(=O)C(F)(F)F. The van der Waals surface area contributed by atoms with Crippen molar-refractivity contribution in [3.8, 4) is 5.75 Å². The predicted molar refractivity (Wildman–Crippen MR) is 49.5 cm³/mol. The third kappa shape index (κ3) is 2.17. The molecular weight excluding hydrogens is 225 g/mol. The highest BCUT2D eigenvalue weighted by molar-refractivity contribution is 6.01. The number of alkyl halides is 3. The van der Waals surface area contributed by atoms with Crippen molar-refractivity contribution < 1.29 is 22.7 Å². The Balaban J connectivity index is 3.29. The number of carbonyl (C=O) groups excluding carboxylic acids is 1. The molecule has 0 amide bonds. The largest absolute Gasteiger partial charge is 0.493 e. The number of ketones is 1. The minimum atomic E-state index is -4.93. The van der Waals surface area contributed by atoms with Crippen LogP contribution >= 0.6 is 0 Å². The topological polar surface area (TPSA) is 44.1 Å². The fourth-order valence-corrected chi connectivity index (χ4v) is 1.24. The molecule has 0 aliphatic heterocycles. The van der Waals surface area contributed by atoms with Crippen molar-refractivity contribution in [2.75, 3.05) is 7.11 Å². The number of aromatic nitrogens is 2. The lowest BCUT2D eigenvalue weighted by Crippen LogP contribution is -2.27. The van der Waals surface area contributed by atoms with Gasteiger partial charge in [0.1, 0.15) is 0 Å². The quantitative estimate of drug-likeness (QED) is 0.756. The van der Waals surface area contributed by atoms with E-state index < -0.39 is 17.7 Å². The smallest absolute Gasteiger partial charge is 0.456 e. The van der Waals surface area contributed by atoms with Gasteiger partial charge >= 0.3 is 6.18 Å². The maximum atomic E-state index is 12.3. The first-order chi connectivity index (χ1) is 7.29. The van der Waals surface area contributed by atoms with Gasteiger partial charge in [0.05, 0.1) is 13.3 Å². The van der Waals surface area contributed by atoms with E-state index in [4.69, 9.17) is 0 Å². The molecule has 0 aliphatic carbocycles. The Morgan fingerprint density at radius 1 is 1.50 bits per heavy atom. The summed E-state index contributed by atoms with van der Waals surface area (Å²) < 4.78 is 42.7. The van der Waals surface area contributed by atoms with E-state index in [-0.39, 0.29) is 11.8 Å². The highest BCUT2D eigenvalue weighted by Gasteiger charge is 2.43. The van der Waals surface area contributed by atoms with Crippen LogP contribution in [0.2, 0.25) is 0 Å². The van der Waals surface area contributed by atoms with Gasteiger partial charge in [0, 0.05) is 6.04 Å². The third-order valence-corrected chi connectivity index (χ3v) is 1.94. The van der Waals surface area contributed by atoms with Gasteiger partial charge in [-0.2, -0.15) is 18.3 Å². The minimum Gasteiger partial charge on any atom is -0.493 e. The number of Topliss-reactive ketones (excluding diaryl/α,β-unsaturated/α-hetero) is 1. The molecule has 0 fully saturated rings. The second-order valence-corrected chi connectivity index (χ2v) is 3.43. The molecule has 0 aromatic carbocycles. The number of rotatable bonds is 3. The van der Waals surface area contributed by atoms with Crippen LogP contribution in [0.4, 0.5) is 13.2 Å².